The van der Waals surface area contributed by atoms with Crippen LogP contribution in [0.15, 0.2) is 24.3 Å². The first-order valence-electron chi connectivity index (χ1n) is 12.8. The standard InChI is InChI=1S/C26H42N4O7/c1-20(2)22-5-3-21(4-6-22)15-23-16-29(18-25(34)35)10-9-28(17-24(32)33)8-7-27(13-14-31)11-12-30(23)19-26(36)37/h3-6,20,23,31H,7-19H2,1-2H3,(H,32,33)(H,34,35)(H,36,37). The van der Waals surface area contributed by atoms with Gasteiger partial charge in [0.2, 0.25) is 0 Å². The van der Waals surface area contributed by atoms with Crippen molar-refractivity contribution < 1.29 is 34.8 Å². The van der Waals surface area contributed by atoms with Gasteiger partial charge < -0.3 is 20.4 Å². The molecule has 1 aliphatic rings. The molecule has 0 spiro atoms. The van der Waals surface area contributed by atoms with Crippen molar-refractivity contribution in [3.63, 3.8) is 0 Å². The van der Waals surface area contributed by atoms with Gasteiger partial charge in [-0.05, 0) is 23.5 Å². The normalized spacial score (nSPS) is 19.8. The summed E-state index contributed by atoms with van der Waals surface area (Å²) in [5, 5.41) is 38.1. The van der Waals surface area contributed by atoms with Gasteiger partial charge in [-0.1, -0.05) is 38.1 Å². The third-order valence-electron chi connectivity index (χ3n) is 6.74. The van der Waals surface area contributed by atoms with Gasteiger partial charge in [0.1, 0.15) is 0 Å². The van der Waals surface area contributed by atoms with Crippen molar-refractivity contribution in [1.29, 1.82) is 0 Å². The Bertz CT molecular complexity index is 865. The van der Waals surface area contributed by atoms with Gasteiger partial charge in [-0.25, -0.2) is 0 Å². The zero-order valence-electron chi connectivity index (χ0n) is 22.0. The number of nitrogens with zero attached hydrogens (tertiary/aromatic N) is 4. The lowest BCUT2D eigenvalue weighted by atomic mass is 9.98. The van der Waals surface area contributed by atoms with Gasteiger partial charge >= 0.3 is 17.9 Å². The van der Waals surface area contributed by atoms with Crippen molar-refractivity contribution in [3.8, 4) is 0 Å². The molecule has 208 valence electrons. The molecule has 1 fully saturated rings. The van der Waals surface area contributed by atoms with Gasteiger partial charge in [-0.3, -0.25) is 34.0 Å². The predicted molar refractivity (Wildman–Crippen MR) is 139 cm³/mol. The van der Waals surface area contributed by atoms with Gasteiger partial charge in [-0.15, -0.1) is 0 Å². The smallest absolute Gasteiger partial charge is 0.317 e. The van der Waals surface area contributed by atoms with E-state index in [0.29, 0.717) is 64.7 Å². The van der Waals surface area contributed by atoms with E-state index in [0.717, 1.165) is 5.56 Å². The molecule has 37 heavy (non-hydrogen) atoms. The van der Waals surface area contributed by atoms with Crippen molar-refractivity contribution in [3.05, 3.63) is 35.4 Å². The molecule has 1 heterocycles. The average molecular weight is 523 g/mol. The molecule has 1 atom stereocenters. The molecule has 1 unspecified atom stereocenters. The molecule has 1 saturated heterocycles. The largest absolute Gasteiger partial charge is 0.480 e. The van der Waals surface area contributed by atoms with Gasteiger partial charge in [0.05, 0.1) is 26.2 Å². The quantitative estimate of drug-likeness (QED) is 0.316. The van der Waals surface area contributed by atoms with E-state index in [1.54, 1.807) is 9.80 Å². The van der Waals surface area contributed by atoms with Crippen LogP contribution in [0.1, 0.15) is 30.9 Å². The molecule has 2 rings (SSSR count). The molecule has 0 amide bonds. The van der Waals surface area contributed by atoms with Crippen LogP contribution in [0.5, 0.6) is 0 Å². The molecule has 1 aromatic carbocycles. The topological polar surface area (TPSA) is 145 Å². The number of benzene rings is 1. The lowest BCUT2D eigenvalue weighted by molar-refractivity contribution is -0.141. The molecule has 4 N–H and O–H groups in total. The lowest BCUT2D eigenvalue weighted by Gasteiger charge is -2.37. The fourth-order valence-corrected chi connectivity index (χ4v) is 4.68. The van der Waals surface area contributed by atoms with E-state index in [-0.39, 0.29) is 32.3 Å². The summed E-state index contributed by atoms with van der Waals surface area (Å²) in [5.41, 5.74) is 2.24. The van der Waals surface area contributed by atoms with Crippen molar-refractivity contribution >= 4 is 17.9 Å². The highest BCUT2D eigenvalue weighted by molar-refractivity contribution is 5.70. The maximum absolute atomic E-state index is 11.8. The number of rotatable bonds is 11. The molecule has 0 aromatic heterocycles. The van der Waals surface area contributed by atoms with E-state index in [1.165, 1.54) is 5.56 Å². The number of β-amino-alcohol motifs (C(OH)–C–C–N with tert-alkyl or cyclic N) is 1. The molecule has 0 radical (unpaired) electrons. The van der Waals surface area contributed by atoms with Crippen LogP contribution in [-0.4, -0.2) is 143 Å². The molecule has 0 saturated carbocycles. The minimum absolute atomic E-state index is 0.0596. The van der Waals surface area contributed by atoms with E-state index in [4.69, 9.17) is 0 Å². The third kappa shape index (κ3) is 11.6. The number of hydrogen-bond acceptors (Lipinski definition) is 8. The molecular weight excluding hydrogens is 480 g/mol. The first-order valence-corrected chi connectivity index (χ1v) is 12.8. The SMILES string of the molecule is CC(C)c1ccc(CC2CN(CC(=O)O)CCN(CC(=O)O)CCN(CCO)CCN2CC(=O)O)cc1. The first kappa shape index (κ1) is 30.7. The number of hydrogen-bond donors (Lipinski definition) is 4. The summed E-state index contributed by atoms with van der Waals surface area (Å²) >= 11 is 0. The number of carboxylic acid groups (broad SMARTS) is 3. The first-order chi connectivity index (χ1) is 17.6. The molecule has 11 nitrogen and oxygen atoms in total. The lowest BCUT2D eigenvalue weighted by Crippen LogP contribution is -2.53. The zero-order valence-corrected chi connectivity index (χ0v) is 22.0. The second-order valence-corrected chi connectivity index (χ2v) is 9.98. The van der Waals surface area contributed by atoms with E-state index in [2.05, 4.69) is 26.0 Å². The van der Waals surface area contributed by atoms with Gasteiger partial charge in [0.25, 0.3) is 0 Å². The Morgan fingerprint density at radius 3 is 1.84 bits per heavy atom. The number of carbonyl (C=O) groups is 3. The number of aliphatic hydroxyl groups is 1. The summed E-state index contributed by atoms with van der Waals surface area (Å²) in [6.45, 7) is 6.89. The summed E-state index contributed by atoms with van der Waals surface area (Å²) in [6.07, 6.45) is 0.542. The number of carboxylic acids is 3. The minimum Gasteiger partial charge on any atom is -0.480 e. The third-order valence-corrected chi connectivity index (χ3v) is 6.74. The second kappa shape index (κ2) is 15.6. The molecule has 1 aliphatic heterocycles. The highest BCUT2D eigenvalue weighted by Crippen LogP contribution is 2.18. The van der Waals surface area contributed by atoms with Crippen molar-refractivity contribution in [2.75, 3.05) is 78.6 Å². The summed E-state index contributed by atoms with van der Waals surface area (Å²) in [5.74, 6) is -2.52. The molecule has 1 aromatic rings. The van der Waals surface area contributed by atoms with Crippen LogP contribution < -0.4 is 0 Å². The number of aliphatic hydroxyl groups excluding tert-OH is 1. The minimum atomic E-state index is -0.990. The van der Waals surface area contributed by atoms with Crippen molar-refractivity contribution in [2.24, 2.45) is 0 Å². The average Bonchev–Trinajstić information content (AvgIpc) is 2.81. The summed E-state index contributed by atoms with van der Waals surface area (Å²) in [6, 6.07) is 7.94. The van der Waals surface area contributed by atoms with Gasteiger partial charge in [0.15, 0.2) is 0 Å². The fraction of sp³-hybridized carbons (Fsp3) is 0.654. The fourth-order valence-electron chi connectivity index (χ4n) is 4.68. The summed E-state index contributed by atoms with van der Waals surface area (Å²) < 4.78 is 0. The van der Waals surface area contributed by atoms with Crippen LogP contribution in [0.2, 0.25) is 0 Å². The van der Waals surface area contributed by atoms with E-state index in [9.17, 15) is 34.8 Å². The van der Waals surface area contributed by atoms with Crippen LogP contribution in [-0.2, 0) is 20.8 Å². The zero-order chi connectivity index (χ0) is 27.4. The Balaban J connectivity index is 2.37. The van der Waals surface area contributed by atoms with Crippen LogP contribution in [0.3, 0.4) is 0 Å². The Morgan fingerprint density at radius 2 is 1.30 bits per heavy atom. The summed E-state index contributed by atoms with van der Waals surface area (Å²) in [4.78, 5) is 42.3. The predicted octanol–water partition coefficient (Wildman–Crippen LogP) is 0.189. The monoisotopic (exact) mass is 522 g/mol. The Kier molecular flexibility index (Phi) is 12.9. The van der Waals surface area contributed by atoms with E-state index in [1.807, 2.05) is 21.9 Å². The molecule has 0 aliphatic carbocycles. The van der Waals surface area contributed by atoms with E-state index >= 15 is 0 Å². The molecule has 11 heteroatoms. The molecular formula is C26H42N4O7. The van der Waals surface area contributed by atoms with E-state index < -0.39 is 17.9 Å². The highest BCUT2D eigenvalue weighted by atomic mass is 16.4. The van der Waals surface area contributed by atoms with Crippen LogP contribution in [0.4, 0.5) is 0 Å². The number of aliphatic carboxylic acids is 3. The summed E-state index contributed by atoms with van der Waals surface area (Å²) in [7, 11) is 0. The van der Waals surface area contributed by atoms with Crippen LogP contribution in [0, 0.1) is 0 Å². The second-order valence-electron chi connectivity index (χ2n) is 9.98. The van der Waals surface area contributed by atoms with Gasteiger partial charge in [0, 0.05) is 58.4 Å². The Morgan fingerprint density at radius 1 is 0.784 bits per heavy atom. The Hall–Kier alpha value is -2.57. The molecule has 0 bridgehead atoms. The van der Waals surface area contributed by atoms with Crippen LogP contribution in [0.25, 0.3) is 0 Å². The van der Waals surface area contributed by atoms with Crippen molar-refractivity contribution in [2.45, 2.75) is 32.2 Å². The van der Waals surface area contributed by atoms with Crippen LogP contribution >= 0.6 is 0 Å². The highest BCUT2D eigenvalue weighted by Gasteiger charge is 2.27. The Labute approximate surface area is 218 Å². The maximum atomic E-state index is 11.8. The van der Waals surface area contributed by atoms with Gasteiger partial charge in [-0.2, -0.15) is 0 Å². The van der Waals surface area contributed by atoms with Crippen molar-refractivity contribution in [1.82, 2.24) is 19.6 Å². The maximum Gasteiger partial charge on any atom is 0.317 e.